The summed E-state index contributed by atoms with van der Waals surface area (Å²) in [6.07, 6.45) is 1.88. The number of nitrogens with one attached hydrogen (secondary N) is 2. The number of aryl methyl sites for hydroxylation is 6. The molecule has 2 N–H and O–H groups in total. The summed E-state index contributed by atoms with van der Waals surface area (Å²) in [5, 5.41) is 7.35. The van der Waals surface area contributed by atoms with Crippen LogP contribution in [0.4, 0.5) is 11.4 Å². The Hall–Kier alpha value is -2.33. The quantitative estimate of drug-likeness (QED) is 0.347. The van der Waals surface area contributed by atoms with Crippen LogP contribution in [0, 0.1) is 41.5 Å². The normalized spacial score (nSPS) is 10.8. The first-order chi connectivity index (χ1) is 15.3. The second-order valence-corrected chi connectivity index (χ2v) is 9.00. The number of hydrogen-bond donors (Lipinski definition) is 2. The van der Waals surface area contributed by atoms with Crippen molar-refractivity contribution in [3.8, 4) is 0 Å². The van der Waals surface area contributed by atoms with Crippen LogP contribution in [0.15, 0.2) is 48.7 Å². The summed E-state index contributed by atoms with van der Waals surface area (Å²) >= 11 is 0. The topological polar surface area (TPSA) is 40.2 Å². The molecule has 0 atom stereocenters. The van der Waals surface area contributed by atoms with Crippen molar-refractivity contribution in [3.05, 3.63) is 87.7 Å². The average molecular weight is 486 g/mol. The van der Waals surface area contributed by atoms with Crippen LogP contribution in [0.25, 0.3) is 0 Å². The van der Waals surface area contributed by atoms with E-state index in [4.69, 9.17) is 0 Å². The number of hydrogen-bond acceptors (Lipinski definition) is 4. The number of pyridine rings is 1. The molecule has 178 valence electrons. The zero-order chi connectivity index (χ0) is 23.1. The first-order valence-electron chi connectivity index (χ1n) is 11.6. The van der Waals surface area contributed by atoms with Gasteiger partial charge in [-0.15, -0.1) is 0 Å². The Morgan fingerprint density at radius 3 is 1.55 bits per heavy atom. The number of anilines is 2. The van der Waals surface area contributed by atoms with Crippen molar-refractivity contribution in [1.29, 1.82) is 0 Å². The summed E-state index contributed by atoms with van der Waals surface area (Å²) in [6, 6.07) is 15.1. The van der Waals surface area contributed by atoms with E-state index in [1.165, 1.54) is 44.8 Å². The van der Waals surface area contributed by atoms with Gasteiger partial charge < -0.3 is 10.6 Å². The molecular formula is C28H38FeN4. The van der Waals surface area contributed by atoms with E-state index in [9.17, 15) is 0 Å². The van der Waals surface area contributed by atoms with Gasteiger partial charge in [0, 0.05) is 67.4 Å². The molecule has 0 spiro atoms. The summed E-state index contributed by atoms with van der Waals surface area (Å²) in [4.78, 5) is 7.02. The Morgan fingerprint density at radius 1 is 0.697 bits per heavy atom. The molecule has 3 aromatic rings. The summed E-state index contributed by atoms with van der Waals surface area (Å²) < 4.78 is 0. The summed E-state index contributed by atoms with van der Waals surface area (Å²) in [7, 11) is 0. The van der Waals surface area contributed by atoms with Gasteiger partial charge in [0.1, 0.15) is 0 Å². The molecule has 0 bridgehead atoms. The third-order valence-corrected chi connectivity index (χ3v) is 5.93. The van der Waals surface area contributed by atoms with Gasteiger partial charge in [-0.05, 0) is 75.9 Å². The van der Waals surface area contributed by atoms with Crippen molar-refractivity contribution in [3.63, 3.8) is 0 Å². The molecule has 0 aliphatic carbocycles. The Morgan fingerprint density at radius 2 is 1.15 bits per heavy atom. The largest absolute Gasteiger partial charge is 0.383 e. The fourth-order valence-corrected chi connectivity index (χ4v) is 4.59. The first-order valence-corrected chi connectivity index (χ1v) is 11.6. The fourth-order valence-electron chi connectivity index (χ4n) is 4.59. The Kier molecular flexibility index (Phi) is 10.4. The second kappa shape index (κ2) is 12.8. The van der Waals surface area contributed by atoms with E-state index in [-0.39, 0.29) is 17.1 Å². The minimum absolute atomic E-state index is 0. The predicted octanol–water partition coefficient (Wildman–Crippen LogP) is 5.96. The van der Waals surface area contributed by atoms with Crippen molar-refractivity contribution in [2.24, 2.45) is 0 Å². The smallest absolute Gasteiger partial charge is 0.0543 e. The molecule has 33 heavy (non-hydrogen) atoms. The van der Waals surface area contributed by atoms with E-state index in [0.717, 1.165) is 38.4 Å². The van der Waals surface area contributed by atoms with Crippen molar-refractivity contribution in [2.45, 2.75) is 48.1 Å². The zero-order valence-corrected chi connectivity index (χ0v) is 22.0. The van der Waals surface area contributed by atoms with E-state index < -0.39 is 0 Å². The SMILES string of the molecule is Cc1cc(C)c(NCCN(CCNc2c(C)cc(C)cc2C)Cc2ccccn2)c(C)c1.[Fe]. The van der Waals surface area contributed by atoms with Crippen LogP contribution in [-0.4, -0.2) is 36.1 Å². The van der Waals surface area contributed by atoms with Gasteiger partial charge in [0.2, 0.25) is 0 Å². The third-order valence-electron chi connectivity index (χ3n) is 5.93. The minimum Gasteiger partial charge on any atom is -0.383 e. The molecule has 4 nitrogen and oxygen atoms in total. The van der Waals surface area contributed by atoms with Crippen molar-refractivity contribution in [2.75, 3.05) is 36.8 Å². The molecule has 5 heteroatoms. The van der Waals surface area contributed by atoms with Crippen LogP contribution >= 0.6 is 0 Å². The van der Waals surface area contributed by atoms with Gasteiger partial charge in [-0.1, -0.05) is 41.5 Å². The molecule has 0 aliphatic heterocycles. The molecular weight excluding hydrogens is 448 g/mol. The van der Waals surface area contributed by atoms with Crippen molar-refractivity contribution >= 4 is 11.4 Å². The van der Waals surface area contributed by atoms with E-state index in [1.54, 1.807) is 0 Å². The van der Waals surface area contributed by atoms with Gasteiger partial charge in [0.05, 0.1) is 5.69 Å². The third kappa shape index (κ3) is 7.89. The molecule has 0 saturated heterocycles. The van der Waals surface area contributed by atoms with Crippen molar-refractivity contribution in [1.82, 2.24) is 9.88 Å². The molecule has 0 saturated carbocycles. The zero-order valence-electron chi connectivity index (χ0n) is 20.9. The maximum atomic E-state index is 4.54. The molecule has 3 rings (SSSR count). The van der Waals surface area contributed by atoms with Gasteiger partial charge in [0.15, 0.2) is 0 Å². The van der Waals surface area contributed by atoms with Gasteiger partial charge in [0.25, 0.3) is 0 Å². The van der Waals surface area contributed by atoms with Crippen molar-refractivity contribution < 1.29 is 17.1 Å². The van der Waals surface area contributed by atoms with Crippen LogP contribution in [0.1, 0.15) is 39.1 Å². The molecule has 2 aromatic carbocycles. The Labute approximate surface area is 210 Å². The van der Waals surface area contributed by atoms with Crippen LogP contribution < -0.4 is 10.6 Å². The second-order valence-electron chi connectivity index (χ2n) is 9.00. The van der Waals surface area contributed by atoms with Crippen LogP contribution in [0.2, 0.25) is 0 Å². The molecule has 0 fully saturated rings. The van der Waals surface area contributed by atoms with Gasteiger partial charge in [-0.25, -0.2) is 0 Å². The van der Waals surface area contributed by atoms with Gasteiger partial charge in [-0.3, -0.25) is 9.88 Å². The summed E-state index contributed by atoms with van der Waals surface area (Å²) in [5.74, 6) is 0. The number of rotatable bonds is 10. The molecule has 0 aliphatic rings. The monoisotopic (exact) mass is 486 g/mol. The number of aromatic nitrogens is 1. The predicted molar refractivity (Wildman–Crippen MR) is 138 cm³/mol. The molecule has 0 amide bonds. The van der Waals surface area contributed by atoms with Crippen LogP contribution in [0.5, 0.6) is 0 Å². The van der Waals surface area contributed by atoms with Crippen LogP contribution in [0.3, 0.4) is 0 Å². The Balaban J connectivity index is 0.00000385. The molecule has 1 aromatic heterocycles. The van der Waals surface area contributed by atoms with Gasteiger partial charge >= 0.3 is 0 Å². The van der Waals surface area contributed by atoms with E-state index in [2.05, 4.69) is 98.5 Å². The Bertz CT molecular complexity index is 924. The van der Waals surface area contributed by atoms with E-state index in [1.807, 2.05) is 12.3 Å². The standard InChI is InChI=1S/C28H38N4.Fe/c1-20-15-22(3)27(23(4)16-20)30-11-13-32(19-26-9-7-8-10-29-26)14-12-31-28-24(5)17-21(2)18-25(28)6;/h7-10,15-18,30-31H,11-14,19H2,1-6H3;. The van der Waals surface area contributed by atoms with Gasteiger partial charge in [-0.2, -0.15) is 0 Å². The van der Waals surface area contributed by atoms with E-state index in [0.29, 0.717) is 0 Å². The van der Waals surface area contributed by atoms with Crippen LogP contribution in [-0.2, 0) is 23.6 Å². The maximum absolute atomic E-state index is 4.54. The summed E-state index contributed by atoms with van der Waals surface area (Å²) in [6.45, 7) is 17.6. The number of nitrogens with zero attached hydrogens (tertiary/aromatic N) is 2. The first kappa shape index (κ1) is 26.9. The summed E-state index contributed by atoms with van der Waals surface area (Å²) in [5.41, 5.74) is 11.5. The average Bonchev–Trinajstić information content (AvgIpc) is 2.72. The fraction of sp³-hybridized carbons (Fsp3) is 0.393. The maximum Gasteiger partial charge on any atom is 0.0543 e. The number of benzene rings is 2. The minimum atomic E-state index is 0. The molecule has 1 heterocycles. The molecule has 0 radical (unpaired) electrons. The van der Waals surface area contributed by atoms with E-state index >= 15 is 0 Å². The molecule has 0 unspecified atom stereocenters.